The number of ether oxygens (including phenoxy) is 1. The number of aromatic hydroxyl groups is 1. The Hall–Kier alpha value is -1.59. The largest absolute Gasteiger partial charge is 0.508 e. The summed E-state index contributed by atoms with van der Waals surface area (Å²) in [5.74, 6) is 0.619. The highest BCUT2D eigenvalue weighted by Gasteiger charge is 2.20. The number of carbonyl (C=O) groups is 1. The fourth-order valence-electron chi connectivity index (χ4n) is 2.98. The molecule has 1 aromatic rings. The maximum atomic E-state index is 12.2. The van der Waals surface area contributed by atoms with Crippen LogP contribution in [-0.2, 0) is 4.74 Å². The molecule has 0 aliphatic carbocycles. The summed E-state index contributed by atoms with van der Waals surface area (Å²) in [7, 11) is 1.72. The smallest absolute Gasteiger partial charge is 0.251 e. The summed E-state index contributed by atoms with van der Waals surface area (Å²) < 4.78 is 5.13. The summed E-state index contributed by atoms with van der Waals surface area (Å²) in [6.45, 7) is 6.37. The predicted molar refractivity (Wildman–Crippen MR) is 86.2 cm³/mol. The molecule has 0 unspecified atom stereocenters. The first-order valence-corrected chi connectivity index (χ1v) is 7.89. The normalized spacial score (nSPS) is 19.1. The maximum absolute atomic E-state index is 12.2. The number of nitrogens with zero attached hydrogens (tertiary/aromatic N) is 1. The number of phenolic OH excluding ortho intramolecular Hbond substituents is 1. The standard InChI is InChI=1S/C17H26N2O3/c1-13-10-15(20)5-6-16(13)17(21)18-11-14-4-3-7-19(12-14)8-9-22-2/h5-6,10,14,20H,3-4,7-9,11-12H2,1-2H3,(H,18,21)/t14-/m0/s1. The number of hydrogen-bond acceptors (Lipinski definition) is 4. The van der Waals surface area contributed by atoms with E-state index in [2.05, 4.69) is 10.2 Å². The Morgan fingerprint density at radius 2 is 2.32 bits per heavy atom. The van der Waals surface area contributed by atoms with E-state index in [9.17, 15) is 9.90 Å². The molecular formula is C17H26N2O3. The monoisotopic (exact) mass is 306 g/mol. The summed E-state index contributed by atoms with van der Waals surface area (Å²) in [5.41, 5.74) is 1.42. The molecule has 1 aliphatic heterocycles. The van der Waals surface area contributed by atoms with Crippen molar-refractivity contribution < 1.29 is 14.6 Å². The van der Waals surface area contributed by atoms with Crippen LogP contribution in [0.4, 0.5) is 0 Å². The molecule has 5 nitrogen and oxygen atoms in total. The molecule has 1 fully saturated rings. The number of rotatable bonds is 6. The minimum atomic E-state index is -0.0634. The first-order valence-electron chi connectivity index (χ1n) is 7.89. The highest BCUT2D eigenvalue weighted by Crippen LogP contribution is 2.17. The van der Waals surface area contributed by atoms with Gasteiger partial charge in [-0.2, -0.15) is 0 Å². The Morgan fingerprint density at radius 1 is 1.50 bits per heavy atom. The van der Waals surface area contributed by atoms with E-state index in [4.69, 9.17) is 4.74 Å². The molecule has 0 aromatic heterocycles. The van der Waals surface area contributed by atoms with Crippen LogP contribution in [0.15, 0.2) is 18.2 Å². The average Bonchev–Trinajstić information content (AvgIpc) is 2.51. The third kappa shape index (κ3) is 4.71. The van der Waals surface area contributed by atoms with Gasteiger partial charge in [0.2, 0.25) is 0 Å². The van der Waals surface area contributed by atoms with Crippen LogP contribution in [0.2, 0.25) is 0 Å². The zero-order valence-electron chi connectivity index (χ0n) is 13.5. The molecule has 1 aromatic carbocycles. The van der Waals surface area contributed by atoms with Crippen molar-refractivity contribution in [1.29, 1.82) is 0 Å². The second kappa shape index (κ2) is 8.15. The van der Waals surface area contributed by atoms with Crippen LogP contribution < -0.4 is 5.32 Å². The lowest BCUT2D eigenvalue weighted by molar-refractivity contribution is 0.0912. The Morgan fingerprint density at radius 3 is 3.05 bits per heavy atom. The molecule has 122 valence electrons. The van der Waals surface area contributed by atoms with Crippen LogP contribution in [0.3, 0.4) is 0 Å². The van der Waals surface area contributed by atoms with Crippen molar-refractivity contribution in [2.45, 2.75) is 19.8 Å². The Bertz CT molecular complexity index is 505. The second-order valence-corrected chi connectivity index (χ2v) is 6.01. The average molecular weight is 306 g/mol. The third-order valence-electron chi connectivity index (χ3n) is 4.22. The molecule has 1 heterocycles. The van der Waals surface area contributed by atoms with Gasteiger partial charge < -0.3 is 20.1 Å². The number of aryl methyl sites for hydroxylation is 1. The van der Waals surface area contributed by atoms with Crippen molar-refractivity contribution in [1.82, 2.24) is 10.2 Å². The molecule has 0 radical (unpaired) electrons. The van der Waals surface area contributed by atoms with Crippen LogP contribution in [0.1, 0.15) is 28.8 Å². The third-order valence-corrected chi connectivity index (χ3v) is 4.22. The van der Waals surface area contributed by atoms with Gasteiger partial charge in [-0.15, -0.1) is 0 Å². The van der Waals surface area contributed by atoms with Gasteiger partial charge in [0.05, 0.1) is 6.61 Å². The van der Waals surface area contributed by atoms with Crippen LogP contribution in [0.5, 0.6) is 5.75 Å². The van der Waals surface area contributed by atoms with Gasteiger partial charge in [0.25, 0.3) is 5.91 Å². The molecule has 0 bridgehead atoms. The van der Waals surface area contributed by atoms with Gasteiger partial charge in [0.15, 0.2) is 0 Å². The molecule has 0 spiro atoms. The van der Waals surface area contributed by atoms with E-state index in [1.54, 1.807) is 25.3 Å². The topological polar surface area (TPSA) is 61.8 Å². The zero-order chi connectivity index (χ0) is 15.9. The molecule has 5 heteroatoms. The van der Waals surface area contributed by atoms with E-state index < -0.39 is 0 Å². The van der Waals surface area contributed by atoms with Crippen molar-refractivity contribution in [3.63, 3.8) is 0 Å². The summed E-state index contributed by atoms with van der Waals surface area (Å²) in [5, 5.41) is 12.4. The summed E-state index contributed by atoms with van der Waals surface area (Å²) >= 11 is 0. The van der Waals surface area contributed by atoms with Crippen LogP contribution in [0, 0.1) is 12.8 Å². The second-order valence-electron chi connectivity index (χ2n) is 6.01. The summed E-state index contributed by atoms with van der Waals surface area (Å²) in [4.78, 5) is 14.6. The SMILES string of the molecule is COCCN1CCC[C@@H](CNC(=O)c2ccc(O)cc2C)C1. The van der Waals surface area contributed by atoms with Gasteiger partial charge in [-0.1, -0.05) is 0 Å². The fourth-order valence-corrected chi connectivity index (χ4v) is 2.98. The number of phenols is 1. The number of benzene rings is 1. The van der Waals surface area contributed by atoms with Crippen LogP contribution in [0.25, 0.3) is 0 Å². The lowest BCUT2D eigenvalue weighted by atomic mass is 9.97. The van der Waals surface area contributed by atoms with E-state index in [1.165, 1.54) is 6.42 Å². The van der Waals surface area contributed by atoms with Gasteiger partial charge in [0.1, 0.15) is 5.75 Å². The number of likely N-dealkylation sites (tertiary alicyclic amines) is 1. The number of nitrogens with one attached hydrogen (secondary N) is 1. The van der Waals surface area contributed by atoms with Crippen LogP contribution >= 0.6 is 0 Å². The molecule has 1 atom stereocenters. The summed E-state index contributed by atoms with van der Waals surface area (Å²) in [6.07, 6.45) is 2.32. The number of hydrogen-bond donors (Lipinski definition) is 2. The van der Waals surface area contributed by atoms with Crippen molar-refractivity contribution in [3.05, 3.63) is 29.3 Å². The molecule has 1 saturated heterocycles. The Labute approximate surface area is 132 Å². The van der Waals surface area contributed by atoms with Crippen molar-refractivity contribution in [3.8, 4) is 5.75 Å². The van der Waals surface area contributed by atoms with E-state index in [1.807, 2.05) is 6.92 Å². The predicted octanol–water partition coefficient (Wildman–Crippen LogP) is 1.79. The quantitative estimate of drug-likeness (QED) is 0.841. The summed E-state index contributed by atoms with van der Waals surface area (Å²) in [6, 6.07) is 4.84. The van der Waals surface area contributed by atoms with Gasteiger partial charge in [0, 0.05) is 32.3 Å². The zero-order valence-corrected chi connectivity index (χ0v) is 13.5. The maximum Gasteiger partial charge on any atom is 0.251 e. The minimum absolute atomic E-state index is 0.0634. The molecule has 22 heavy (non-hydrogen) atoms. The van der Waals surface area contributed by atoms with E-state index in [0.29, 0.717) is 18.0 Å². The van der Waals surface area contributed by atoms with E-state index >= 15 is 0 Å². The van der Waals surface area contributed by atoms with E-state index in [-0.39, 0.29) is 11.7 Å². The van der Waals surface area contributed by atoms with Crippen molar-refractivity contribution >= 4 is 5.91 Å². The molecule has 0 saturated carbocycles. The van der Waals surface area contributed by atoms with Crippen molar-refractivity contribution in [2.75, 3.05) is 39.9 Å². The molecule has 1 amide bonds. The highest BCUT2D eigenvalue weighted by molar-refractivity contribution is 5.95. The molecular weight excluding hydrogens is 280 g/mol. The Kier molecular flexibility index (Phi) is 6.21. The van der Waals surface area contributed by atoms with Gasteiger partial charge in [-0.05, 0) is 56.0 Å². The highest BCUT2D eigenvalue weighted by atomic mass is 16.5. The fraction of sp³-hybridized carbons (Fsp3) is 0.588. The van der Waals surface area contributed by atoms with Crippen LogP contribution in [-0.4, -0.2) is 55.8 Å². The lowest BCUT2D eigenvalue weighted by Crippen LogP contribution is -2.42. The van der Waals surface area contributed by atoms with E-state index in [0.717, 1.165) is 38.2 Å². The number of piperidine rings is 1. The Balaban J connectivity index is 1.82. The minimum Gasteiger partial charge on any atom is -0.508 e. The molecule has 2 N–H and O–H groups in total. The first-order chi connectivity index (χ1) is 10.6. The number of methoxy groups -OCH3 is 1. The lowest BCUT2D eigenvalue weighted by Gasteiger charge is -2.32. The number of carbonyl (C=O) groups excluding carboxylic acids is 1. The number of amides is 1. The van der Waals surface area contributed by atoms with Gasteiger partial charge in [-0.25, -0.2) is 0 Å². The molecule has 2 rings (SSSR count). The van der Waals surface area contributed by atoms with Crippen molar-refractivity contribution in [2.24, 2.45) is 5.92 Å². The first kappa shape index (κ1) is 16.8. The van der Waals surface area contributed by atoms with Gasteiger partial charge in [-0.3, -0.25) is 4.79 Å². The van der Waals surface area contributed by atoms with Gasteiger partial charge >= 0.3 is 0 Å². The molecule has 1 aliphatic rings.